The lowest BCUT2D eigenvalue weighted by atomic mass is 10.1. The van der Waals surface area contributed by atoms with E-state index >= 15 is 0 Å². The van der Waals surface area contributed by atoms with E-state index in [4.69, 9.17) is 23.2 Å². The molecule has 2 rings (SSSR count). The zero-order chi connectivity index (χ0) is 11.0. The van der Waals surface area contributed by atoms with Gasteiger partial charge in [0.15, 0.2) is 0 Å². The third-order valence-electron chi connectivity index (χ3n) is 2.11. The molecular formula is C11H7Cl2NO. The minimum Gasteiger partial charge on any atom is -0.276 e. The predicted octanol–water partition coefficient (Wildman–Crippen LogP) is 3.58. The van der Waals surface area contributed by atoms with Crippen LogP contribution in [-0.4, -0.2) is 10.2 Å². The summed E-state index contributed by atoms with van der Waals surface area (Å²) in [4.78, 5) is 15.5. The number of hydrogen-bond donors (Lipinski definition) is 0. The van der Waals surface area contributed by atoms with Crippen molar-refractivity contribution < 1.29 is 4.79 Å². The number of nitrogens with zero attached hydrogens (tertiary/aromatic N) is 1. The van der Waals surface area contributed by atoms with E-state index in [2.05, 4.69) is 4.98 Å². The number of benzene rings is 1. The van der Waals surface area contributed by atoms with Gasteiger partial charge in [-0.1, -0.05) is 11.6 Å². The molecule has 0 unspecified atom stereocenters. The van der Waals surface area contributed by atoms with Gasteiger partial charge in [-0.3, -0.25) is 9.78 Å². The molecule has 0 aliphatic rings. The molecule has 0 amide bonds. The van der Waals surface area contributed by atoms with Crippen LogP contribution in [0.3, 0.4) is 0 Å². The monoisotopic (exact) mass is 239 g/mol. The Kier molecular flexibility index (Phi) is 2.63. The first kappa shape index (κ1) is 10.4. The lowest BCUT2D eigenvalue weighted by Crippen LogP contribution is -1.95. The molecule has 0 saturated heterocycles. The number of hydrogen-bond acceptors (Lipinski definition) is 2. The average molecular weight is 240 g/mol. The molecule has 0 fully saturated rings. The summed E-state index contributed by atoms with van der Waals surface area (Å²) in [6, 6.07) is 6.86. The molecule has 1 aromatic heterocycles. The van der Waals surface area contributed by atoms with Gasteiger partial charge in [0.05, 0.1) is 5.52 Å². The molecule has 0 atom stereocenters. The van der Waals surface area contributed by atoms with Crippen LogP contribution in [0.25, 0.3) is 10.9 Å². The van der Waals surface area contributed by atoms with Crippen molar-refractivity contribution in [2.45, 2.75) is 6.92 Å². The highest BCUT2D eigenvalue weighted by atomic mass is 35.5. The van der Waals surface area contributed by atoms with Gasteiger partial charge in [-0.25, -0.2) is 0 Å². The highest BCUT2D eigenvalue weighted by Gasteiger charge is 2.09. The molecule has 0 radical (unpaired) electrons. The molecule has 4 heteroatoms. The van der Waals surface area contributed by atoms with Gasteiger partial charge in [-0.2, -0.15) is 0 Å². The van der Waals surface area contributed by atoms with Crippen molar-refractivity contribution in [3.63, 3.8) is 0 Å². The fourth-order valence-electron chi connectivity index (χ4n) is 1.49. The number of aryl methyl sites for hydroxylation is 1. The van der Waals surface area contributed by atoms with Crippen LogP contribution in [0.4, 0.5) is 0 Å². The summed E-state index contributed by atoms with van der Waals surface area (Å²) in [6.07, 6.45) is 0. The fourth-order valence-corrected chi connectivity index (χ4v) is 1.82. The quantitative estimate of drug-likeness (QED) is 0.713. The van der Waals surface area contributed by atoms with E-state index in [0.29, 0.717) is 16.0 Å². The first-order valence-electron chi connectivity index (χ1n) is 4.34. The van der Waals surface area contributed by atoms with Gasteiger partial charge in [0.25, 0.3) is 5.24 Å². The first-order chi connectivity index (χ1) is 7.08. The molecule has 1 heterocycles. The summed E-state index contributed by atoms with van der Waals surface area (Å²) in [5.74, 6) is 0. The molecule has 15 heavy (non-hydrogen) atoms. The number of halogens is 2. The highest BCUT2D eigenvalue weighted by molar-refractivity contribution is 6.68. The van der Waals surface area contributed by atoms with Crippen LogP contribution in [0.1, 0.15) is 16.1 Å². The van der Waals surface area contributed by atoms with E-state index in [1.54, 1.807) is 24.3 Å². The average Bonchev–Trinajstić information content (AvgIpc) is 2.17. The van der Waals surface area contributed by atoms with Crippen molar-refractivity contribution >= 4 is 39.3 Å². The van der Waals surface area contributed by atoms with E-state index < -0.39 is 5.24 Å². The smallest absolute Gasteiger partial charge is 0.253 e. The molecule has 0 N–H and O–H groups in total. The standard InChI is InChI=1S/C11H7Cl2NO/c1-6-4-9(11(13)15)8-5-7(12)2-3-10(8)14-6/h2-5H,1H3. The summed E-state index contributed by atoms with van der Waals surface area (Å²) in [5.41, 5.74) is 1.93. The molecule has 0 aliphatic heterocycles. The minimum absolute atomic E-state index is 0.446. The Balaban J connectivity index is 2.87. The van der Waals surface area contributed by atoms with Crippen LogP contribution in [-0.2, 0) is 0 Å². The van der Waals surface area contributed by atoms with Crippen molar-refractivity contribution in [1.82, 2.24) is 4.98 Å². The summed E-state index contributed by atoms with van der Waals surface area (Å²) < 4.78 is 0. The summed E-state index contributed by atoms with van der Waals surface area (Å²) in [7, 11) is 0. The molecule has 2 aromatic rings. The summed E-state index contributed by atoms with van der Waals surface area (Å²) in [5, 5.41) is 0.758. The second-order valence-corrected chi connectivity index (χ2v) is 4.03. The topological polar surface area (TPSA) is 30.0 Å². The van der Waals surface area contributed by atoms with Gasteiger partial charge in [0, 0.05) is 21.7 Å². The Morgan fingerprint density at radius 3 is 2.73 bits per heavy atom. The van der Waals surface area contributed by atoms with Crippen molar-refractivity contribution in [1.29, 1.82) is 0 Å². The molecule has 0 aliphatic carbocycles. The lowest BCUT2D eigenvalue weighted by Gasteiger charge is -2.04. The van der Waals surface area contributed by atoms with Crippen molar-refractivity contribution in [3.8, 4) is 0 Å². The first-order valence-corrected chi connectivity index (χ1v) is 5.10. The number of carbonyl (C=O) groups is 1. The van der Waals surface area contributed by atoms with Crippen LogP contribution in [0.15, 0.2) is 24.3 Å². The molecule has 76 valence electrons. The number of fused-ring (bicyclic) bond motifs is 1. The fraction of sp³-hybridized carbons (Fsp3) is 0.0909. The van der Waals surface area contributed by atoms with Crippen molar-refractivity contribution in [3.05, 3.63) is 40.5 Å². The SMILES string of the molecule is Cc1cc(C(=O)Cl)c2cc(Cl)ccc2n1. The van der Waals surface area contributed by atoms with E-state index in [1.807, 2.05) is 6.92 Å². The Morgan fingerprint density at radius 1 is 1.33 bits per heavy atom. The Morgan fingerprint density at radius 2 is 2.07 bits per heavy atom. The van der Waals surface area contributed by atoms with E-state index in [9.17, 15) is 4.79 Å². The van der Waals surface area contributed by atoms with Gasteiger partial charge >= 0.3 is 0 Å². The third kappa shape index (κ3) is 1.96. The van der Waals surface area contributed by atoms with Crippen molar-refractivity contribution in [2.24, 2.45) is 0 Å². The summed E-state index contributed by atoms with van der Waals surface area (Å²) in [6.45, 7) is 1.82. The second kappa shape index (κ2) is 3.80. The number of pyridine rings is 1. The van der Waals surface area contributed by atoms with Gasteiger partial charge in [0.1, 0.15) is 0 Å². The molecule has 0 spiro atoms. The van der Waals surface area contributed by atoms with Crippen molar-refractivity contribution in [2.75, 3.05) is 0 Å². The molecule has 1 aromatic carbocycles. The molecule has 0 saturated carbocycles. The second-order valence-electron chi connectivity index (χ2n) is 3.25. The summed E-state index contributed by atoms with van der Waals surface area (Å²) >= 11 is 11.3. The van der Waals surface area contributed by atoms with E-state index in [1.165, 1.54) is 0 Å². The molecule has 2 nitrogen and oxygen atoms in total. The van der Waals surface area contributed by atoms with Gasteiger partial charge in [0.2, 0.25) is 0 Å². The lowest BCUT2D eigenvalue weighted by molar-refractivity contribution is 0.108. The van der Waals surface area contributed by atoms with Crippen LogP contribution in [0.2, 0.25) is 5.02 Å². The van der Waals surface area contributed by atoms with Crippen LogP contribution >= 0.6 is 23.2 Å². The number of aromatic nitrogens is 1. The zero-order valence-electron chi connectivity index (χ0n) is 7.92. The Hall–Kier alpha value is -1.12. The predicted molar refractivity (Wildman–Crippen MR) is 61.7 cm³/mol. The van der Waals surface area contributed by atoms with Crippen LogP contribution < -0.4 is 0 Å². The third-order valence-corrected chi connectivity index (χ3v) is 2.55. The normalized spacial score (nSPS) is 10.6. The maximum atomic E-state index is 11.2. The Labute approximate surface area is 96.8 Å². The van der Waals surface area contributed by atoms with E-state index in [-0.39, 0.29) is 0 Å². The molecular weight excluding hydrogens is 233 g/mol. The number of carbonyl (C=O) groups excluding carboxylic acids is 1. The minimum atomic E-state index is -0.493. The Bertz CT molecular complexity index is 552. The molecule has 0 bridgehead atoms. The van der Waals surface area contributed by atoms with Gasteiger partial charge < -0.3 is 0 Å². The largest absolute Gasteiger partial charge is 0.276 e. The van der Waals surface area contributed by atoms with Crippen LogP contribution in [0.5, 0.6) is 0 Å². The van der Waals surface area contributed by atoms with E-state index in [0.717, 1.165) is 11.2 Å². The maximum absolute atomic E-state index is 11.2. The maximum Gasteiger partial charge on any atom is 0.253 e. The highest BCUT2D eigenvalue weighted by Crippen LogP contribution is 2.23. The zero-order valence-corrected chi connectivity index (χ0v) is 9.43. The van der Waals surface area contributed by atoms with Crippen LogP contribution in [0, 0.1) is 6.92 Å². The van der Waals surface area contributed by atoms with Gasteiger partial charge in [-0.15, -0.1) is 0 Å². The van der Waals surface area contributed by atoms with Gasteiger partial charge in [-0.05, 0) is 42.8 Å². The number of rotatable bonds is 1.